The Kier molecular flexibility index (Phi) is 5.00. The lowest BCUT2D eigenvalue weighted by Crippen LogP contribution is -2.46. The van der Waals surface area contributed by atoms with E-state index in [1.54, 1.807) is 12.1 Å². The maximum atomic E-state index is 12.5. The minimum atomic E-state index is -3.63. The molecule has 25 heavy (non-hydrogen) atoms. The highest BCUT2D eigenvalue weighted by atomic mass is 32.2. The molecule has 134 valence electrons. The average Bonchev–Trinajstić information content (AvgIpc) is 2.60. The molecule has 4 nitrogen and oxygen atoms in total. The van der Waals surface area contributed by atoms with Crippen LogP contribution in [0.1, 0.15) is 42.9 Å². The second-order valence-corrected chi connectivity index (χ2v) is 8.99. The van der Waals surface area contributed by atoms with E-state index in [1.165, 1.54) is 5.56 Å². The molecular weight excluding hydrogens is 334 g/mol. The molecule has 0 heterocycles. The first-order valence-electron chi connectivity index (χ1n) is 8.68. The van der Waals surface area contributed by atoms with E-state index in [0.717, 1.165) is 17.5 Å². The van der Waals surface area contributed by atoms with Crippen LogP contribution in [0, 0.1) is 0 Å². The van der Waals surface area contributed by atoms with Crippen LogP contribution in [0.2, 0.25) is 0 Å². The van der Waals surface area contributed by atoms with Crippen molar-refractivity contribution in [1.82, 2.24) is 4.72 Å². The molecule has 1 aliphatic rings. The molecule has 0 aliphatic heterocycles. The van der Waals surface area contributed by atoms with Gasteiger partial charge in [-0.15, -0.1) is 0 Å². The van der Waals surface area contributed by atoms with Crippen molar-refractivity contribution in [2.45, 2.75) is 49.5 Å². The number of benzene rings is 2. The highest BCUT2D eigenvalue weighted by Gasteiger charge is 2.33. The highest BCUT2D eigenvalue weighted by Crippen LogP contribution is 2.28. The monoisotopic (exact) mass is 359 g/mol. The molecule has 0 radical (unpaired) electrons. The fourth-order valence-corrected chi connectivity index (χ4v) is 4.40. The SMILES string of the molecule is CC(C)c1ccc(S(=O)(=O)NCC2(O)CCc3ccccc3C2)cc1. The predicted molar refractivity (Wildman–Crippen MR) is 99.1 cm³/mol. The van der Waals surface area contributed by atoms with E-state index in [2.05, 4.69) is 24.6 Å². The molecule has 2 aromatic carbocycles. The second kappa shape index (κ2) is 6.90. The van der Waals surface area contributed by atoms with Gasteiger partial charge in [0.1, 0.15) is 0 Å². The largest absolute Gasteiger partial charge is 0.388 e. The van der Waals surface area contributed by atoms with Gasteiger partial charge in [0.25, 0.3) is 0 Å². The maximum Gasteiger partial charge on any atom is 0.240 e. The van der Waals surface area contributed by atoms with Crippen molar-refractivity contribution in [3.8, 4) is 0 Å². The van der Waals surface area contributed by atoms with Crippen molar-refractivity contribution >= 4 is 10.0 Å². The summed E-state index contributed by atoms with van der Waals surface area (Å²) in [4.78, 5) is 0.233. The molecule has 0 amide bonds. The molecule has 2 N–H and O–H groups in total. The van der Waals surface area contributed by atoms with Gasteiger partial charge in [0, 0.05) is 13.0 Å². The number of sulfonamides is 1. The summed E-state index contributed by atoms with van der Waals surface area (Å²) in [7, 11) is -3.63. The first-order valence-corrected chi connectivity index (χ1v) is 10.2. The van der Waals surface area contributed by atoms with Crippen LogP contribution >= 0.6 is 0 Å². The van der Waals surface area contributed by atoms with Crippen LogP contribution in [-0.4, -0.2) is 25.7 Å². The number of fused-ring (bicyclic) bond motifs is 1. The number of aliphatic hydroxyl groups is 1. The van der Waals surface area contributed by atoms with E-state index in [4.69, 9.17) is 0 Å². The van der Waals surface area contributed by atoms with Gasteiger partial charge in [0.2, 0.25) is 10.0 Å². The normalized spacial score (nSPS) is 20.5. The smallest absolute Gasteiger partial charge is 0.240 e. The zero-order chi connectivity index (χ0) is 18.1. The Hall–Kier alpha value is -1.69. The molecule has 0 saturated heterocycles. The van der Waals surface area contributed by atoms with Gasteiger partial charge < -0.3 is 5.11 Å². The lowest BCUT2D eigenvalue weighted by molar-refractivity contribution is 0.0317. The van der Waals surface area contributed by atoms with Crippen molar-refractivity contribution in [1.29, 1.82) is 0 Å². The Balaban J connectivity index is 1.70. The molecule has 0 fully saturated rings. The zero-order valence-corrected chi connectivity index (χ0v) is 15.5. The van der Waals surface area contributed by atoms with Gasteiger partial charge in [0.05, 0.1) is 10.5 Å². The average molecular weight is 359 g/mol. The standard InChI is InChI=1S/C20H25NO3S/c1-15(2)16-7-9-19(10-8-16)25(23,24)21-14-20(22)12-11-17-5-3-4-6-18(17)13-20/h3-10,15,21-22H,11-14H2,1-2H3. The number of hydrogen-bond donors (Lipinski definition) is 2. The van der Waals surface area contributed by atoms with Gasteiger partial charge in [-0.05, 0) is 47.6 Å². The Morgan fingerprint density at radius 3 is 2.36 bits per heavy atom. The van der Waals surface area contributed by atoms with Gasteiger partial charge >= 0.3 is 0 Å². The van der Waals surface area contributed by atoms with Gasteiger partial charge in [0.15, 0.2) is 0 Å². The van der Waals surface area contributed by atoms with Gasteiger partial charge in [-0.3, -0.25) is 0 Å². The quantitative estimate of drug-likeness (QED) is 0.862. The third-order valence-corrected chi connectivity index (χ3v) is 6.36. The third kappa shape index (κ3) is 4.11. The summed E-state index contributed by atoms with van der Waals surface area (Å²) in [5.41, 5.74) is 2.39. The minimum Gasteiger partial charge on any atom is -0.388 e. The summed E-state index contributed by atoms with van der Waals surface area (Å²) in [5, 5.41) is 10.8. The van der Waals surface area contributed by atoms with Crippen LogP contribution < -0.4 is 4.72 Å². The van der Waals surface area contributed by atoms with Crippen molar-refractivity contribution < 1.29 is 13.5 Å². The molecule has 0 aromatic heterocycles. The van der Waals surface area contributed by atoms with E-state index < -0.39 is 15.6 Å². The van der Waals surface area contributed by atoms with Crippen LogP contribution in [0.5, 0.6) is 0 Å². The highest BCUT2D eigenvalue weighted by molar-refractivity contribution is 7.89. The molecule has 5 heteroatoms. The van der Waals surface area contributed by atoms with E-state index in [-0.39, 0.29) is 11.4 Å². The van der Waals surface area contributed by atoms with Gasteiger partial charge in [-0.1, -0.05) is 50.2 Å². The Bertz CT molecular complexity index is 843. The Morgan fingerprint density at radius 1 is 1.08 bits per heavy atom. The first kappa shape index (κ1) is 18.1. The van der Waals surface area contributed by atoms with Crippen LogP contribution in [-0.2, 0) is 22.9 Å². The fourth-order valence-electron chi connectivity index (χ4n) is 3.28. The van der Waals surface area contributed by atoms with E-state index in [0.29, 0.717) is 18.8 Å². The molecule has 0 spiro atoms. The molecule has 1 aliphatic carbocycles. The number of rotatable bonds is 5. The first-order chi connectivity index (χ1) is 11.8. The number of aryl methyl sites for hydroxylation is 1. The van der Waals surface area contributed by atoms with Crippen LogP contribution in [0.4, 0.5) is 0 Å². The van der Waals surface area contributed by atoms with Crippen LogP contribution in [0.15, 0.2) is 53.4 Å². The topological polar surface area (TPSA) is 66.4 Å². The van der Waals surface area contributed by atoms with Crippen molar-refractivity contribution in [3.63, 3.8) is 0 Å². The number of hydrogen-bond acceptors (Lipinski definition) is 3. The molecule has 0 bridgehead atoms. The summed E-state index contributed by atoms with van der Waals surface area (Å²) in [5.74, 6) is 0.354. The van der Waals surface area contributed by atoms with Crippen LogP contribution in [0.3, 0.4) is 0 Å². The zero-order valence-electron chi connectivity index (χ0n) is 14.7. The molecule has 0 saturated carbocycles. The van der Waals surface area contributed by atoms with Crippen molar-refractivity contribution in [2.24, 2.45) is 0 Å². The third-order valence-electron chi connectivity index (χ3n) is 4.95. The van der Waals surface area contributed by atoms with Crippen molar-refractivity contribution in [2.75, 3.05) is 6.54 Å². The Morgan fingerprint density at radius 2 is 1.72 bits per heavy atom. The molecule has 1 unspecified atom stereocenters. The maximum absolute atomic E-state index is 12.5. The summed E-state index contributed by atoms with van der Waals surface area (Å²) >= 11 is 0. The molecule has 1 atom stereocenters. The van der Waals surface area contributed by atoms with Gasteiger partial charge in [-0.2, -0.15) is 0 Å². The van der Waals surface area contributed by atoms with Crippen LogP contribution in [0.25, 0.3) is 0 Å². The molecular formula is C20H25NO3S. The second-order valence-electron chi connectivity index (χ2n) is 7.22. The Labute approximate surface area is 150 Å². The molecule has 3 rings (SSSR count). The summed E-state index contributed by atoms with van der Waals surface area (Å²) in [6.45, 7) is 4.16. The summed E-state index contributed by atoms with van der Waals surface area (Å²) < 4.78 is 27.6. The lowest BCUT2D eigenvalue weighted by atomic mass is 9.80. The lowest BCUT2D eigenvalue weighted by Gasteiger charge is -2.33. The van der Waals surface area contributed by atoms with Gasteiger partial charge in [-0.25, -0.2) is 13.1 Å². The van der Waals surface area contributed by atoms with E-state index in [9.17, 15) is 13.5 Å². The summed E-state index contributed by atoms with van der Waals surface area (Å²) in [6, 6.07) is 14.9. The number of nitrogens with one attached hydrogen (secondary N) is 1. The minimum absolute atomic E-state index is 0.0234. The molecule has 2 aromatic rings. The van der Waals surface area contributed by atoms with Crippen molar-refractivity contribution in [3.05, 3.63) is 65.2 Å². The summed E-state index contributed by atoms with van der Waals surface area (Å²) in [6.07, 6.45) is 1.79. The van der Waals surface area contributed by atoms with E-state index >= 15 is 0 Å². The fraction of sp³-hybridized carbons (Fsp3) is 0.400. The predicted octanol–water partition coefficient (Wildman–Crippen LogP) is 3.01. The van der Waals surface area contributed by atoms with E-state index in [1.807, 2.05) is 30.3 Å².